The maximum absolute atomic E-state index is 12.2. The third-order valence-electron chi connectivity index (χ3n) is 8.11. The average molecular weight is 616 g/mol. The quantitative estimate of drug-likeness (QED) is 0.188. The van der Waals surface area contributed by atoms with Crippen molar-refractivity contribution in [2.24, 2.45) is 11.1 Å². The van der Waals surface area contributed by atoms with Gasteiger partial charge in [0.05, 0.1) is 11.8 Å². The number of hydrogen-bond acceptors (Lipinski definition) is 5. The number of amides is 1. The van der Waals surface area contributed by atoms with Crippen molar-refractivity contribution < 1.29 is 9.53 Å². The minimum Gasteiger partial charge on any atom is -0.455 e. The third-order valence-corrected chi connectivity index (χ3v) is 8.36. The molecule has 2 aliphatic rings. The molecule has 0 atom stereocenters. The number of H-pyrrole nitrogens is 1. The molecule has 0 aliphatic heterocycles. The van der Waals surface area contributed by atoms with Gasteiger partial charge in [-0.05, 0) is 85.6 Å². The molecule has 0 bridgehead atoms. The van der Waals surface area contributed by atoms with Crippen LogP contribution < -0.4 is 20.7 Å². The molecule has 0 radical (unpaired) electrons. The molecule has 8 heteroatoms. The second kappa shape index (κ2) is 15.3. The smallest absolute Gasteiger partial charge is 0.252 e. The summed E-state index contributed by atoms with van der Waals surface area (Å²) in [7, 11) is 0. The number of nitrogens with two attached hydrogens (primary N) is 1. The van der Waals surface area contributed by atoms with Crippen LogP contribution in [-0.2, 0) is 0 Å². The minimum atomic E-state index is -0.534. The first-order valence-corrected chi connectivity index (χ1v) is 16.0. The Balaban J connectivity index is 0.00000216. The Kier molecular flexibility index (Phi) is 11.5. The molecule has 234 valence electrons. The van der Waals surface area contributed by atoms with Crippen LogP contribution in [0.2, 0.25) is 0 Å². The van der Waals surface area contributed by atoms with E-state index in [-0.39, 0.29) is 0 Å². The second-order valence-electron chi connectivity index (χ2n) is 11.8. The van der Waals surface area contributed by atoms with Crippen LogP contribution in [0.5, 0.6) is 11.5 Å². The van der Waals surface area contributed by atoms with E-state index in [1.165, 1.54) is 23.1 Å². The number of likely N-dealkylation sites (N-methyl/N-ethyl adjacent to an activating group) is 1. The lowest BCUT2D eigenvalue weighted by atomic mass is 9.72. The predicted molar refractivity (Wildman–Crippen MR) is 184 cm³/mol. The fourth-order valence-electron chi connectivity index (χ4n) is 5.72. The van der Waals surface area contributed by atoms with E-state index in [4.69, 9.17) is 22.1 Å². The first kappa shape index (κ1) is 33.1. The van der Waals surface area contributed by atoms with Crippen LogP contribution in [0, 0.1) is 5.41 Å². The van der Waals surface area contributed by atoms with Gasteiger partial charge in [0.25, 0.3) is 5.91 Å². The van der Waals surface area contributed by atoms with Crippen LogP contribution in [0.15, 0.2) is 88.8 Å². The van der Waals surface area contributed by atoms with E-state index in [9.17, 15) is 4.79 Å². The molecule has 3 aromatic rings. The number of anilines is 1. The van der Waals surface area contributed by atoms with E-state index in [2.05, 4.69) is 53.1 Å². The molecular weight excluding hydrogens is 570 g/mol. The maximum Gasteiger partial charge on any atom is 0.252 e. The van der Waals surface area contributed by atoms with Crippen LogP contribution in [0.25, 0.3) is 11.0 Å². The highest BCUT2D eigenvalue weighted by atomic mass is 35.5. The summed E-state index contributed by atoms with van der Waals surface area (Å²) < 4.78 is 6.14. The molecule has 2 aromatic heterocycles. The van der Waals surface area contributed by atoms with Crippen molar-refractivity contribution in [3.63, 3.8) is 0 Å². The predicted octanol–water partition coefficient (Wildman–Crippen LogP) is 8.41. The Morgan fingerprint density at radius 2 is 2.02 bits per heavy atom. The van der Waals surface area contributed by atoms with E-state index in [0.29, 0.717) is 22.5 Å². The Labute approximate surface area is 266 Å². The number of nitrogens with zero attached hydrogens (tertiary/aromatic N) is 2. The van der Waals surface area contributed by atoms with E-state index < -0.39 is 5.91 Å². The number of carbonyl (C=O) groups is 1. The summed E-state index contributed by atoms with van der Waals surface area (Å²) in [4.78, 5) is 21.9. The maximum atomic E-state index is 12.2. The van der Waals surface area contributed by atoms with Crippen molar-refractivity contribution in [2.45, 2.75) is 60.3 Å². The summed E-state index contributed by atoms with van der Waals surface area (Å²) in [6.45, 7) is 14.2. The molecule has 0 spiro atoms. The minimum absolute atomic E-state index is 0.294. The topological polar surface area (TPSA) is 96.3 Å². The van der Waals surface area contributed by atoms with E-state index in [1.807, 2.05) is 56.5 Å². The normalized spacial score (nSPS) is 16.0. The highest BCUT2D eigenvalue weighted by molar-refractivity contribution is 6.31. The van der Waals surface area contributed by atoms with Crippen LogP contribution in [0.4, 0.5) is 5.69 Å². The average Bonchev–Trinajstić information content (AvgIpc) is 3.37. The number of halogens is 1. The van der Waals surface area contributed by atoms with Gasteiger partial charge >= 0.3 is 0 Å². The van der Waals surface area contributed by atoms with Crippen LogP contribution in [-0.4, -0.2) is 42.1 Å². The number of fused-ring (bicyclic) bond motifs is 1. The summed E-state index contributed by atoms with van der Waals surface area (Å²) in [5.74, 6) is 0.430. The number of ether oxygens (including phenoxy) is 1. The first-order chi connectivity index (χ1) is 21.2. The first-order valence-electron chi connectivity index (χ1n) is 15.7. The number of aromatic amines is 1. The van der Waals surface area contributed by atoms with E-state index >= 15 is 0 Å². The molecule has 1 aromatic carbocycles. The highest BCUT2D eigenvalue weighted by Crippen LogP contribution is 2.42. The summed E-state index contributed by atoms with van der Waals surface area (Å²) in [6.07, 6.45) is 16.1. The van der Waals surface area contributed by atoms with Gasteiger partial charge in [0.1, 0.15) is 17.1 Å². The SMILES string of the molecule is CC.CCN(CCNCC1=C(C2=CC=C(Cl)C=CC2)CC(C)(C)CC1)c1ccc(C(N)=O)c(Oc2cnc3[nH]ccc3c2)c1. The van der Waals surface area contributed by atoms with Crippen LogP contribution in [0.1, 0.15) is 70.7 Å². The van der Waals surface area contributed by atoms with Crippen LogP contribution >= 0.6 is 11.6 Å². The highest BCUT2D eigenvalue weighted by Gasteiger charge is 2.28. The van der Waals surface area contributed by atoms with E-state index in [0.717, 1.165) is 67.2 Å². The van der Waals surface area contributed by atoms with Crippen molar-refractivity contribution in [3.05, 3.63) is 94.3 Å². The van der Waals surface area contributed by atoms with Gasteiger partial charge in [-0.3, -0.25) is 4.79 Å². The molecule has 2 heterocycles. The number of carbonyl (C=O) groups excluding carboxylic acids is 1. The molecule has 2 aliphatic carbocycles. The fraction of sp³-hybridized carbons (Fsp3) is 0.389. The number of hydrogen-bond donors (Lipinski definition) is 3. The molecule has 0 fully saturated rings. The monoisotopic (exact) mass is 615 g/mol. The van der Waals surface area contributed by atoms with Gasteiger partial charge in [0, 0.05) is 54.5 Å². The van der Waals surface area contributed by atoms with E-state index in [1.54, 1.807) is 12.3 Å². The second-order valence-corrected chi connectivity index (χ2v) is 12.2. The number of nitrogens with one attached hydrogen (secondary N) is 2. The molecule has 5 rings (SSSR count). The fourth-order valence-corrected chi connectivity index (χ4v) is 5.87. The molecular formula is C36H46ClN5O2. The van der Waals surface area contributed by atoms with Crippen LogP contribution in [0.3, 0.4) is 0 Å². The Morgan fingerprint density at radius 1 is 1.20 bits per heavy atom. The Hall–Kier alpha value is -3.81. The lowest BCUT2D eigenvalue weighted by Gasteiger charge is -2.34. The van der Waals surface area contributed by atoms with Crippen molar-refractivity contribution in [1.82, 2.24) is 15.3 Å². The molecule has 7 nitrogen and oxygen atoms in total. The third kappa shape index (κ3) is 8.42. The molecule has 0 saturated carbocycles. The van der Waals surface area contributed by atoms with Crippen molar-refractivity contribution in [3.8, 4) is 11.5 Å². The number of benzene rings is 1. The lowest BCUT2D eigenvalue weighted by Crippen LogP contribution is -2.34. The van der Waals surface area contributed by atoms with Crippen molar-refractivity contribution in [1.29, 1.82) is 0 Å². The van der Waals surface area contributed by atoms with Gasteiger partial charge in [-0.15, -0.1) is 0 Å². The van der Waals surface area contributed by atoms with Gasteiger partial charge < -0.3 is 25.7 Å². The van der Waals surface area contributed by atoms with Gasteiger partial charge in [0.2, 0.25) is 0 Å². The number of primary amides is 1. The Bertz CT molecular complexity index is 1580. The van der Waals surface area contributed by atoms with Gasteiger partial charge in [-0.25, -0.2) is 4.98 Å². The zero-order valence-corrected chi connectivity index (χ0v) is 27.4. The number of aromatic nitrogens is 2. The summed E-state index contributed by atoms with van der Waals surface area (Å²) >= 11 is 6.27. The van der Waals surface area contributed by atoms with Gasteiger partial charge in [0.15, 0.2) is 0 Å². The molecule has 1 amide bonds. The molecule has 4 N–H and O–H groups in total. The molecule has 44 heavy (non-hydrogen) atoms. The number of allylic oxidation sites excluding steroid dienone is 7. The summed E-state index contributed by atoms with van der Waals surface area (Å²) in [6, 6.07) is 9.37. The van der Waals surface area contributed by atoms with Gasteiger partial charge in [-0.2, -0.15) is 0 Å². The summed E-state index contributed by atoms with van der Waals surface area (Å²) in [5, 5.41) is 5.41. The zero-order valence-electron chi connectivity index (χ0n) is 26.7. The largest absolute Gasteiger partial charge is 0.455 e. The van der Waals surface area contributed by atoms with Gasteiger partial charge in [-0.1, -0.05) is 57.0 Å². The zero-order chi connectivity index (χ0) is 31.7. The molecule has 0 unspecified atom stereocenters. The molecule has 0 saturated heterocycles. The number of pyridine rings is 1. The standard InChI is InChI=1S/C34H40ClN5O2.C2H6/c1-4-40(17-16-37-21-25-12-14-34(2,3)20-30(25)23-6-5-7-26(35)9-8-23)27-10-11-29(32(36)41)31(19-27)42-28-18-24-13-15-38-33(24)39-22-28;1-2/h5,7-11,13,15,18-19,22,37H,4,6,12,14,16-17,20-21H2,1-3H3,(H2,36,41)(H,38,39);1-2H3. The Morgan fingerprint density at radius 3 is 2.80 bits per heavy atom. The lowest BCUT2D eigenvalue weighted by molar-refractivity contribution is 0.0998. The van der Waals surface area contributed by atoms with Crippen molar-refractivity contribution in [2.75, 3.05) is 31.1 Å². The summed E-state index contributed by atoms with van der Waals surface area (Å²) in [5.41, 5.74) is 12.4. The van der Waals surface area contributed by atoms with Crippen molar-refractivity contribution >= 4 is 34.2 Å². The number of rotatable bonds is 11.